The van der Waals surface area contributed by atoms with Gasteiger partial charge in [-0.3, -0.25) is 4.98 Å². The van der Waals surface area contributed by atoms with E-state index in [1.54, 1.807) is 0 Å². The molecule has 0 amide bonds. The Kier molecular flexibility index (Phi) is 4.47. The summed E-state index contributed by atoms with van der Waals surface area (Å²) in [4.78, 5) is 6.82. The molecule has 0 bridgehead atoms. The highest BCUT2D eigenvalue weighted by Crippen LogP contribution is 2.39. The van der Waals surface area contributed by atoms with Crippen LogP contribution in [0.15, 0.2) is 67.0 Å². The lowest BCUT2D eigenvalue weighted by Crippen LogP contribution is -2.30. The fraction of sp³-hybridized carbons (Fsp3) is 0.238. The van der Waals surface area contributed by atoms with Crippen LogP contribution < -0.4 is 5.32 Å². The molecule has 1 aliphatic rings. The smallest absolute Gasteiger partial charge is 0.170 e. The molecule has 1 N–H and O–H groups in total. The third-order valence-electron chi connectivity index (χ3n) is 4.93. The van der Waals surface area contributed by atoms with Crippen LogP contribution in [0.3, 0.4) is 0 Å². The van der Waals surface area contributed by atoms with Crippen LogP contribution in [0.2, 0.25) is 0 Å². The van der Waals surface area contributed by atoms with Crippen molar-refractivity contribution in [3.63, 3.8) is 0 Å². The van der Waals surface area contributed by atoms with E-state index < -0.39 is 0 Å². The molecule has 1 aliphatic heterocycles. The highest BCUT2D eigenvalue weighted by molar-refractivity contribution is 7.80. The van der Waals surface area contributed by atoms with Gasteiger partial charge < -0.3 is 14.8 Å². The Morgan fingerprint density at radius 3 is 2.58 bits per heavy atom. The summed E-state index contributed by atoms with van der Waals surface area (Å²) >= 11 is 5.62. The van der Waals surface area contributed by atoms with Crippen molar-refractivity contribution in [3.8, 4) is 5.69 Å². The van der Waals surface area contributed by atoms with E-state index in [1.807, 2.05) is 18.3 Å². The maximum Gasteiger partial charge on any atom is 0.170 e. The van der Waals surface area contributed by atoms with Crippen LogP contribution in [0.1, 0.15) is 36.0 Å². The van der Waals surface area contributed by atoms with Gasteiger partial charge in [-0.15, -0.1) is 0 Å². The first kappa shape index (κ1) is 16.8. The van der Waals surface area contributed by atoms with Gasteiger partial charge in [0.1, 0.15) is 0 Å². The summed E-state index contributed by atoms with van der Waals surface area (Å²) in [7, 11) is 0. The normalized spacial score (nSPS) is 19.6. The lowest BCUT2D eigenvalue weighted by molar-refractivity contribution is 0.321. The van der Waals surface area contributed by atoms with Crippen LogP contribution >= 0.6 is 12.2 Å². The van der Waals surface area contributed by atoms with Gasteiger partial charge in [0.25, 0.3) is 0 Å². The van der Waals surface area contributed by atoms with E-state index in [9.17, 15) is 0 Å². The SMILES string of the molecule is CCN1C(=S)N[C@H](c2ccccn2)[C@@H]1c1cccn1-c1ccc(C)cc1. The van der Waals surface area contributed by atoms with E-state index in [1.165, 1.54) is 11.3 Å². The number of hydrogen-bond donors (Lipinski definition) is 1. The van der Waals surface area contributed by atoms with Crippen LogP contribution in [-0.4, -0.2) is 26.1 Å². The molecule has 1 aromatic carbocycles. The molecule has 3 aromatic rings. The van der Waals surface area contributed by atoms with Crippen molar-refractivity contribution in [2.75, 3.05) is 6.54 Å². The maximum atomic E-state index is 5.62. The van der Waals surface area contributed by atoms with Gasteiger partial charge >= 0.3 is 0 Å². The molecular formula is C21H22N4S. The predicted molar refractivity (Wildman–Crippen MR) is 108 cm³/mol. The highest BCUT2D eigenvalue weighted by atomic mass is 32.1. The van der Waals surface area contributed by atoms with Crippen LogP contribution in [-0.2, 0) is 0 Å². The maximum absolute atomic E-state index is 5.62. The van der Waals surface area contributed by atoms with E-state index >= 15 is 0 Å². The van der Waals surface area contributed by atoms with E-state index in [2.05, 4.69) is 82.3 Å². The summed E-state index contributed by atoms with van der Waals surface area (Å²) in [5.74, 6) is 0. The Balaban J connectivity index is 1.80. The van der Waals surface area contributed by atoms with Gasteiger partial charge in [0.15, 0.2) is 5.11 Å². The van der Waals surface area contributed by atoms with Gasteiger partial charge in [0, 0.05) is 30.3 Å². The molecule has 0 saturated carbocycles. The summed E-state index contributed by atoms with van der Waals surface area (Å²) < 4.78 is 2.25. The van der Waals surface area contributed by atoms with Crippen molar-refractivity contribution in [3.05, 3.63) is 83.9 Å². The predicted octanol–water partition coefficient (Wildman–Crippen LogP) is 4.17. The molecule has 2 atom stereocenters. The Morgan fingerprint density at radius 2 is 1.88 bits per heavy atom. The number of hydrogen-bond acceptors (Lipinski definition) is 2. The molecule has 0 spiro atoms. The van der Waals surface area contributed by atoms with E-state index in [4.69, 9.17) is 12.2 Å². The lowest BCUT2D eigenvalue weighted by atomic mass is 10.0. The molecule has 0 radical (unpaired) electrons. The number of thiocarbonyl (C=S) groups is 1. The first-order valence-corrected chi connectivity index (χ1v) is 9.32. The molecule has 2 aromatic heterocycles. The van der Waals surface area contributed by atoms with Crippen LogP contribution in [0.4, 0.5) is 0 Å². The summed E-state index contributed by atoms with van der Waals surface area (Å²) in [6.07, 6.45) is 3.95. The van der Waals surface area contributed by atoms with E-state index in [0.717, 1.165) is 23.0 Å². The lowest BCUT2D eigenvalue weighted by Gasteiger charge is -2.28. The quantitative estimate of drug-likeness (QED) is 0.706. The molecule has 26 heavy (non-hydrogen) atoms. The zero-order chi connectivity index (χ0) is 18.1. The fourth-order valence-corrected chi connectivity index (χ4v) is 4.01. The first-order chi connectivity index (χ1) is 12.7. The molecule has 5 heteroatoms. The Hall–Kier alpha value is -2.66. The van der Waals surface area contributed by atoms with Crippen molar-refractivity contribution in [1.29, 1.82) is 0 Å². The average molecular weight is 363 g/mol. The van der Waals surface area contributed by atoms with Crippen molar-refractivity contribution >= 4 is 17.3 Å². The number of benzene rings is 1. The Labute approximate surface area is 159 Å². The summed E-state index contributed by atoms with van der Waals surface area (Å²) in [5.41, 5.74) is 4.63. The number of aromatic nitrogens is 2. The fourth-order valence-electron chi connectivity index (χ4n) is 3.64. The topological polar surface area (TPSA) is 33.1 Å². The minimum absolute atomic E-state index is 0.0303. The van der Waals surface area contributed by atoms with Crippen molar-refractivity contribution in [2.24, 2.45) is 0 Å². The van der Waals surface area contributed by atoms with E-state index in [-0.39, 0.29) is 12.1 Å². The van der Waals surface area contributed by atoms with Crippen molar-refractivity contribution in [1.82, 2.24) is 19.8 Å². The summed E-state index contributed by atoms with van der Waals surface area (Å²) in [6, 6.07) is 19.0. The number of likely N-dealkylation sites (N-methyl/N-ethyl adjacent to an activating group) is 1. The largest absolute Gasteiger partial charge is 0.352 e. The highest BCUT2D eigenvalue weighted by Gasteiger charge is 2.40. The van der Waals surface area contributed by atoms with Gasteiger partial charge in [-0.05, 0) is 62.5 Å². The van der Waals surface area contributed by atoms with Gasteiger partial charge in [-0.25, -0.2) is 0 Å². The number of nitrogens with one attached hydrogen (secondary N) is 1. The Morgan fingerprint density at radius 1 is 1.08 bits per heavy atom. The standard InChI is InChI=1S/C21H22N4S/c1-3-24-20(19(23-21(24)26)17-7-4-5-13-22-17)18-8-6-14-25(18)16-11-9-15(2)10-12-16/h4-14,19-20H,3H2,1-2H3,(H,23,26)/t19-,20+/m1/s1. The van der Waals surface area contributed by atoms with Gasteiger partial charge in [0.2, 0.25) is 0 Å². The number of aryl methyl sites for hydroxylation is 1. The molecule has 1 fully saturated rings. The molecular weight excluding hydrogens is 340 g/mol. The zero-order valence-corrected chi connectivity index (χ0v) is 15.8. The zero-order valence-electron chi connectivity index (χ0n) is 15.0. The Bertz CT molecular complexity index is 901. The molecule has 0 unspecified atom stereocenters. The van der Waals surface area contributed by atoms with Crippen molar-refractivity contribution < 1.29 is 0 Å². The monoisotopic (exact) mass is 362 g/mol. The molecule has 4 rings (SSSR count). The second-order valence-corrected chi connectivity index (χ2v) is 6.94. The second kappa shape index (κ2) is 6.92. The molecule has 1 saturated heterocycles. The van der Waals surface area contributed by atoms with Gasteiger partial charge in [0.05, 0.1) is 17.8 Å². The molecule has 0 aliphatic carbocycles. The van der Waals surface area contributed by atoms with Crippen LogP contribution in [0, 0.1) is 6.92 Å². The summed E-state index contributed by atoms with van der Waals surface area (Å²) in [6.45, 7) is 5.09. The van der Waals surface area contributed by atoms with Gasteiger partial charge in [-0.1, -0.05) is 23.8 Å². The van der Waals surface area contributed by atoms with Crippen LogP contribution in [0.5, 0.6) is 0 Å². The molecule has 3 heterocycles. The van der Waals surface area contributed by atoms with Crippen molar-refractivity contribution in [2.45, 2.75) is 25.9 Å². The second-order valence-electron chi connectivity index (χ2n) is 6.55. The first-order valence-electron chi connectivity index (χ1n) is 8.91. The molecule has 132 valence electrons. The van der Waals surface area contributed by atoms with E-state index in [0.29, 0.717) is 0 Å². The minimum Gasteiger partial charge on any atom is -0.352 e. The minimum atomic E-state index is 0.0303. The number of rotatable bonds is 4. The average Bonchev–Trinajstić information content (AvgIpc) is 3.27. The van der Waals surface area contributed by atoms with Crippen LogP contribution in [0.25, 0.3) is 5.69 Å². The van der Waals surface area contributed by atoms with Gasteiger partial charge in [-0.2, -0.15) is 0 Å². The third kappa shape index (κ3) is 2.88. The number of nitrogens with zero attached hydrogens (tertiary/aromatic N) is 3. The third-order valence-corrected chi connectivity index (χ3v) is 5.29. The summed E-state index contributed by atoms with van der Waals surface area (Å²) in [5, 5.41) is 4.26. The molecule has 4 nitrogen and oxygen atoms in total. The number of pyridine rings is 1.